The number of benzene rings is 1. The van der Waals surface area contributed by atoms with Crippen LogP contribution in [0.25, 0.3) is 0 Å². The molecule has 5 rings (SSSR count). The van der Waals surface area contributed by atoms with Gasteiger partial charge >= 0.3 is 0 Å². The van der Waals surface area contributed by atoms with Gasteiger partial charge in [-0.15, -0.1) is 0 Å². The molecule has 0 radical (unpaired) electrons. The normalized spacial score (nSPS) is 24.2. The second-order valence-corrected chi connectivity index (χ2v) is 8.95. The first-order valence-electron chi connectivity index (χ1n) is 11.5. The molecule has 33 heavy (non-hydrogen) atoms. The average Bonchev–Trinajstić information content (AvgIpc) is 3.40. The summed E-state index contributed by atoms with van der Waals surface area (Å²) in [6.07, 6.45) is 6.36. The van der Waals surface area contributed by atoms with Crippen LogP contribution < -0.4 is 14.8 Å². The summed E-state index contributed by atoms with van der Waals surface area (Å²) in [5.74, 6) is 0.0853. The summed E-state index contributed by atoms with van der Waals surface area (Å²) >= 11 is 0. The Morgan fingerprint density at radius 2 is 1.64 bits per heavy atom. The largest absolute Gasteiger partial charge is 0.454 e. The van der Waals surface area contributed by atoms with E-state index in [1.54, 1.807) is 23.1 Å². The molecule has 1 aromatic carbocycles. The number of likely N-dealkylation sites (tertiary alicyclic amines) is 2. The summed E-state index contributed by atoms with van der Waals surface area (Å²) < 4.78 is 10.6. The van der Waals surface area contributed by atoms with Crippen LogP contribution in [0.2, 0.25) is 0 Å². The first-order chi connectivity index (χ1) is 16.0. The van der Waals surface area contributed by atoms with E-state index < -0.39 is 0 Å². The van der Waals surface area contributed by atoms with E-state index in [1.807, 2.05) is 12.2 Å². The van der Waals surface area contributed by atoms with Crippen molar-refractivity contribution in [3.05, 3.63) is 30.4 Å². The number of carbonyl (C=O) groups is 4. The van der Waals surface area contributed by atoms with Crippen molar-refractivity contribution in [2.45, 2.75) is 32.1 Å². The van der Waals surface area contributed by atoms with Gasteiger partial charge in [0.2, 0.25) is 30.4 Å². The molecule has 174 valence electrons. The first-order valence-corrected chi connectivity index (χ1v) is 11.5. The van der Waals surface area contributed by atoms with Crippen LogP contribution in [0.4, 0.5) is 5.69 Å². The van der Waals surface area contributed by atoms with Gasteiger partial charge in [-0.2, -0.15) is 0 Å². The zero-order valence-corrected chi connectivity index (χ0v) is 18.3. The van der Waals surface area contributed by atoms with Crippen molar-refractivity contribution >= 4 is 29.3 Å². The van der Waals surface area contributed by atoms with Gasteiger partial charge in [-0.3, -0.25) is 24.1 Å². The second-order valence-electron chi connectivity index (χ2n) is 8.95. The molecule has 0 spiro atoms. The summed E-state index contributed by atoms with van der Waals surface area (Å²) in [5.41, 5.74) is 0.651. The van der Waals surface area contributed by atoms with E-state index in [-0.39, 0.29) is 61.1 Å². The number of nitrogens with zero attached hydrogens (tertiary/aromatic N) is 2. The lowest BCUT2D eigenvalue weighted by atomic mass is 9.85. The highest BCUT2D eigenvalue weighted by molar-refractivity contribution is 6.05. The van der Waals surface area contributed by atoms with Gasteiger partial charge in [0.05, 0.1) is 11.8 Å². The van der Waals surface area contributed by atoms with Crippen molar-refractivity contribution in [3.63, 3.8) is 0 Å². The summed E-state index contributed by atoms with van der Waals surface area (Å²) in [5, 5.41) is 2.92. The van der Waals surface area contributed by atoms with E-state index in [4.69, 9.17) is 9.47 Å². The summed E-state index contributed by atoms with van der Waals surface area (Å²) in [4.78, 5) is 53.5. The molecule has 2 saturated heterocycles. The van der Waals surface area contributed by atoms with Gasteiger partial charge in [0.1, 0.15) is 0 Å². The molecule has 1 N–H and O–H groups in total. The molecule has 9 nitrogen and oxygen atoms in total. The predicted molar refractivity (Wildman–Crippen MR) is 117 cm³/mol. The number of nitrogens with one attached hydrogen (secondary N) is 1. The van der Waals surface area contributed by atoms with Gasteiger partial charge in [-0.25, -0.2) is 0 Å². The Morgan fingerprint density at radius 1 is 0.970 bits per heavy atom. The number of carbonyl (C=O) groups excluding carboxylic acids is 4. The van der Waals surface area contributed by atoms with E-state index in [0.717, 1.165) is 0 Å². The van der Waals surface area contributed by atoms with E-state index >= 15 is 0 Å². The van der Waals surface area contributed by atoms with Crippen LogP contribution in [-0.4, -0.2) is 59.9 Å². The minimum atomic E-state index is -0.267. The Balaban J connectivity index is 1.08. The minimum absolute atomic E-state index is 0.0783. The lowest BCUT2D eigenvalue weighted by Gasteiger charge is -2.31. The molecule has 0 unspecified atom stereocenters. The topological polar surface area (TPSA) is 105 Å². The van der Waals surface area contributed by atoms with Crippen LogP contribution in [0.5, 0.6) is 11.5 Å². The molecule has 0 saturated carbocycles. The average molecular weight is 453 g/mol. The molecule has 4 amide bonds. The van der Waals surface area contributed by atoms with E-state index in [1.165, 1.54) is 4.90 Å². The number of hydrogen-bond donors (Lipinski definition) is 1. The van der Waals surface area contributed by atoms with Crippen LogP contribution in [0, 0.1) is 17.8 Å². The number of piperidine rings is 1. The SMILES string of the molecule is O=C(Nc1ccc2c(c1)OCO2)C1CCN(C(=O)CCN2C(=O)[C@H]3CC=CC[C@@H]3C2=O)CC1. The van der Waals surface area contributed by atoms with E-state index in [0.29, 0.717) is 56.0 Å². The maximum atomic E-state index is 12.7. The number of rotatable bonds is 5. The molecule has 1 aromatic rings. The Bertz CT molecular complexity index is 987. The maximum absolute atomic E-state index is 12.7. The van der Waals surface area contributed by atoms with Gasteiger partial charge in [0.25, 0.3) is 0 Å². The first kappa shape index (κ1) is 21.5. The van der Waals surface area contributed by atoms with Crippen molar-refractivity contribution in [1.82, 2.24) is 9.80 Å². The third kappa shape index (κ3) is 4.19. The highest BCUT2D eigenvalue weighted by Crippen LogP contribution is 2.36. The maximum Gasteiger partial charge on any atom is 0.233 e. The second kappa shape index (κ2) is 8.88. The molecular weight excluding hydrogens is 426 g/mol. The van der Waals surface area contributed by atoms with Crippen LogP contribution in [-0.2, 0) is 19.2 Å². The predicted octanol–water partition coefficient (Wildman–Crippen LogP) is 1.93. The number of ether oxygens (including phenoxy) is 2. The molecule has 0 bridgehead atoms. The fourth-order valence-corrected chi connectivity index (χ4v) is 5.06. The van der Waals surface area contributed by atoms with Crippen molar-refractivity contribution in [1.29, 1.82) is 0 Å². The third-order valence-electron chi connectivity index (χ3n) is 7.01. The van der Waals surface area contributed by atoms with Gasteiger partial charge in [-0.1, -0.05) is 12.2 Å². The summed E-state index contributed by atoms with van der Waals surface area (Å²) in [6, 6.07) is 5.28. The number of hydrogen-bond acceptors (Lipinski definition) is 6. The van der Waals surface area contributed by atoms with Gasteiger partial charge in [0.15, 0.2) is 11.5 Å². The van der Waals surface area contributed by atoms with E-state index in [2.05, 4.69) is 5.32 Å². The van der Waals surface area contributed by atoms with Crippen LogP contribution in [0.15, 0.2) is 30.4 Å². The zero-order chi connectivity index (χ0) is 22.9. The van der Waals surface area contributed by atoms with Crippen molar-refractivity contribution < 1.29 is 28.7 Å². The van der Waals surface area contributed by atoms with Gasteiger partial charge < -0.3 is 19.7 Å². The van der Waals surface area contributed by atoms with Gasteiger partial charge in [0, 0.05) is 43.7 Å². The van der Waals surface area contributed by atoms with Crippen LogP contribution >= 0.6 is 0 Å². The zero-order valence-electron chi connectivity index (χ0n) is 18.3. The molecule has 1 aliphatic carbocycles. The van der Waals surface area contributed by atoms with Crippen LogP contribution in [0.3, 0.4) is 0 Å². The molecule has 3 aliphatic heterocycles. The minimum Gasteiger partial charge on any atom is -0.454 e. The molecule has 9 heteroatoms. The van der Waals surface area contributed by atoms with Crippen molar-refractivity contribution in [2.75, 3.05) is 31.7 Å². The Kier molecular flexibility index (Phi) is 5.78. The number of amides is 4. The molecule has 2 fully saturated rings. The third-order valence-corrected chi connectivity index (χ3v) is 7.01. The van der Waals surface area contributed by atoms with Crippen LogP contribution in [0.1, 0.15) is 32.1 Å². The number of imide groups is 1. The molecule has 0 aromatic heterocycles. The fourth-order valence-electron chi connectivity index (χ4n) is 5.06. The number of fused-ring (bicyclic) bond motifs is 2. The quantitative estimate of drug-likeness (QED) is 0.540. The monoisotopic (exact) mass is 453 g/mol. The molecule has 4 aliphatic rings. The number of anilines is 1. The van der Waals surface area contributed by atoms with E-state index in [9.17, 15) is 19.2 Å². The highest BCUT2D eigenvalue weighted by Gasteiger charge is 2.47. The Hall–Kier alpha value is -3.36. The highest BCUT2D eigenvalue weighted by atomic mass is 16.7. The smallest absolute Gasteiger partial charge is 0.233 e. The van der Waals surface area contributed by atoms with Gasteiger partial charge in [-0.05, 0) is 37.8 Å². The summed E-state index contributed by atoms with van der Waals surface area (Å²) in [7, 11) is 0. The standard InChI is InChI=1S/C24H27N3O6/c28-21(9-12-27-23(30)17-3-1-2-4-18(17)24(27)31)26-10-7-15(8-11-26)22(29)25-16-5-6-19-20(13-16)33-14-32-19/h1-2,5-6,13,15,17-18H,3-4,7-12,14H2,(H,25,29)/t17-,18-/m0/s1. The lowest BCUT2D eigenvalue weighted by Crippen LogP contribution is -2.43. The molecule has 3 heterocycles. The Labute approximate surface area is 191 Å². The summed E-state index contributed by atoms with van der Waals surface area (Å²) in [6.45, 7) is 1.27. The Morgan fingerprint density at radius 3 is 2.33 bits per heavy atom. The van der Waals surface area contributed by atoms with Crippen molar-refractivity contribution in [2.24, 2.45) is 17.8 Å². The lowest BCUT2D eigenvalue weighted by molar-refractivity contribution is -0.141. The fraction of sp³-hybridized carbons (Fsp3) is 0.500. The van der Waals surface area contributed by atoms with Crippen molar-refractivity contribution in [3.8, 4) is 11.5 Å². The number of allylic oxidation sites excluding steroid dienone is 2. The molecular formula is C24H27N3O6. The molecule has 2 atom stereocenters.